The van der Waals surface area contributed by atoms with E-state index in [0.717, 1.165) is 5.56 Å². The van der Waals surface area contributed by atoms with Gasteiger partial charge in [0.05, 0.1) is 6.04 Å². The second kappa shape index (κ2) is 4.91. The van der Waals surface area contributed by atoms with Crippen LogP contribution < -0.4 is 5.32 Å². The van der Waals surface area contributed by atoms with Gasteiger partial charge in [0.25, 0.3) is 0 Å². The van der Waals surface area contributed by atoms with Gasteiger partial charge in [-0.1, -0.05) is 44.2 Å². The molecule has 0 saturated carbocycles. The lowest BCUT2D eigenvalue weighted by Crippen LogP contribution is -2.38. The summed E-state index contributed by atoms with van der Waals surface area (Å²) < 4.78 is 0. The number of nitrogens with one attached hydrogen (secondary N) is 1. The Balaban J connectivity index is 2.66. The average Bonchev–Trinajstić information content (AvgIpc) is 2.17. The molecule has 0 aliphatic rings. The van der Waals surface area contributed by atoms with Crippen LogP contribution in [-0.2, 0) is 0 Å². The second-order valence-electron chi connectivity index (χ2n) is 3.77. The molecule has 1 rings (SSSR count). The summed E-state index contributed by atoms with van der Waals surface area (Å²) in [6.45, 7) is 5.97. The summed E-state index contributed by atoms with van der Waals surface area (Å²) >= 11 is 0. The van der Waals surface area contributed by atoms with Gasteiger partial charge >= 0.3 is 0 Å². The molecule has 2 nitrogen and oxygen atoms in total. The van der Waals surface area contributed by atoms with Gasteiger partial charge in [0.1, 0.15) is 0 Å². The normalized spacial score (nSPS) is 12.9. The van der Waals surface area contributed by atoms with E-state index in [1.165, 1.54) is 0 Å². The molecule has 1 aromatic carbocycles. The lowest BCUT2D eigenvalue weighted by Gasteiger charge is -2.15. The van der Waals surface area contributed by atoms with Crippen molar-refractivity contribution in [1.29, 1.82) is 0 Å². The molecule has 0 amide bonds. The molecule has 14 heavy (non-hydrogen) atoms. The van der Waals surface area contributed by atoms with E-state index in [0.29, 0.717) is 6.04 Å². The summed E-state index contributed by atoms with van der Waals surface area (Å²) in [5.41, 5.74) is 0.771. The van der Waals surface area contributed by atoms with E-state index in [4.69, 9.17) is 0 Å². The number of carbonyl (C=O) groups excluding carboxylic acids is 1. The zero-order chi connectivity index (χ0) is 10.6. The molecular weight excluding hydrogens is 174 g/mol. The third-order valence-electron chi connectivity index (χ3n) is 2.03. The van der Waals surface area contributed by atoms with Crippen LogP contribution in [0.2, 0.25) is 0 Å². The third kappa shape index (κ3) is 2.96. The molecule has 0 aliphatic heterocycles. The Labute approximate surface area is 85.3 Å². The fourth-order valence-electron chi connectivity index (χ4n) is 1.43. The van der Waals surface area contributed by atoms with E-state index in [-0.39, 0.29) is 11.8 Å². The van der Waals surface area contributed by atoms with Crippen LogP contribution in [0.4, 0.5) is 0 Å². The number of benzene rings is 1. The van der Waals surface area contributed by atoms with E-state index in [1.807, 2.05) is 51.1 Å². The first-order chi connectivity index (χ1) is 6.61. The Bertz CT molecular complexity index is 292. The highest BCUT2D eigenvalue weighted by Crippen LogP contribution is 2.03. The fourth-order valence-corrected chi connectivity index (χ4v) is 1.43. The van der Waals surface area contributed by atoms with Crippen molar-refractivity contribution in [3.63, 3.8) is 0 Å². The Kier molecular flexibility index (Phi) is 3.84. The smallest absolute Gasteiger partial charge is 0.179 e. The van der Waals surface area contributed by atoms with Crippen LogP contribution in [0, 0.1) is 0 Å². The number of rotatable bonds is 4. The summed E-state index contributed by atoms with van der Waals surface area (Å²) in [6, 6.07) is 9.60. The van der Waals surface area contributed by atoms with Gasteiger partial charge in [-0.25, -0.2) is 0 Å². The molecule has 76 valence electrons. The molecule has 0 radical (unpaired) electrons. The summed E-state index contributed by atoms with van der Waals surface area (Å²) in [5.74, 6) is 0.152. The molecule has 1 aromatic rings. The molecule has 0 aromatic heterocycles. The van der Waals surface area contributed by atoms with Crippen LogP contribution in [-0.4, -0.2) is 17.9 Å². The van der Waals surface area contributed by atoms with Gasteiger partial charge in [-0.15, -0.1) is 0 Å². The Morgan fingerprint density at radius 3 is 2.21 bits per heavy atom. The van der Waals surface area contributed by atoms with Crippen LogP contribution in [0.5, 0.6) is 0 Å². The molecule has 1 N–H and O–H groups in total. The average molecular weight is 191 g/mol. The Morgan fingerprint density at radius 2 is 1.71 bits per heavy atom. The summed E-state index contributed by atoms with van der Waals surface area (Å²) in [5, 5.41) is 3.19. The van der Waals surface area contributed by atoms with Gasteiger partial charge in [-0.3, -0.25) is 4.79 Å². The van der Waals surface area contributed by atoms with E-state index in [2.05, 4.69) is 5.32 Å². The quantitative estimate of drug-likeness (QED) is 0.740. The lowest BCUT2D eigenvalue weighted by atomic mass is 10.1. The number of hydrogen-bond donors (Lipinski definition) is 1. The highest BCUT2D eigenvalue weighted by molar-refractivity contribution is 5.99. The first-order valence-electron chi connectivity index (χ1n) is 4.96. The van der Waals surface area contributed by atoms with Gasteiger partial charge in [-0.2, -0.15) is 0 Å². The van der Waals surface area contributed by atoms with Gasteiger partial charge < -0.3 is 5.32 Å². The van der Waals surface area contributed by atoms with Crippen molar-refractivity contribution in [3.8, 4) is 0 Å². The maximum atomic E-state index is 11.8. The van der Waals surface area contributed by atoms with Crippen molar-refractivity contribution >= 4 is 5.78 Å². The highest BCUT2D eigenvalue weighted by atomic mass is 16.1. The molecule has 2 heteroatoms. The molecule has 0 fully saturated rings. The second-order valence-corrected chi connectivity index (χ2v) is 3.77. The van der Waals surface area contributed by atoms with Gasteiger partial charge in [0.2, 0.25) is 0 Å². The largest absolute Gasteiger partial charge is 0.305 e. The number of Topliss-reactive ketones (excluding diaryl/α,β-unsaturated/α-hetero) is 1. The first-order valence-corrected chi connectivity index (χ1v) is 4.96. The van der Waals surface area contributed by atoms with E-state index in [1.54, 1.807) is 0 Å². The number of carbonyl (C=O) groups is 1. The van der Waals surface area contributed by atoms with Crippen LogP contribution in [0.1, 0.15) is 31.1 Å². The van der Waals surface area contributed by atoms with Crippen LogP contribution in [0.15, 0.2) is 30.3 Å². The van der Waals surface area contributed by atoms with E-state index in [9.17, 15) is 4.79 Å². The third-order valence-corrected chi connectivity index (χ3v) is 2.03. The van der Waals surface area contributed by atoms with Crippen molar-refractivity contribution < 1.29 is 4.79 Å². The summed E-state index contributed by atoms with van der Waals surface area (Å²) in [7, 11) is 0. The van der Waals surface area contributed by atoms with Crippen molar-refractivity contribution in [2.45, 2.75) is 32.9 Å². The minimum Gasteiger partial charge on any atom is -0.305 e. The fraction of sp³-hybridized carbons (Fsp3) is 0.417. The first kappa shape index (κ1) is 10.9. The molecule has 0 bridgehead atoms. The van der Waals surface area contributed by atoms with Crippen molar-refractivity contribution in [3.05, 3.63) is 35.9 Å². The molecular formula is C12H17NO. The predicted molar refractivity (Wildman–Crippen MR) is 58.5 cm³/mol. The zero-order valence-corrected chi connectivity index (χ0v) is 8.95. The molecule has 0 spiro atoms. The van der Waals surface area contributed by atoms with Crippen LogP contribution >= 0.6 is 0 Å². The minimum absolute atomic E-state index is 0.114. The highest BCUT2D eigenvalue weighted by Gasteiger charge is 2.14. The zero-order valence-electron chi connectivity index (χ0n) is 8.95. The SMILES string of the molecule is CC(C)N[C@@H](C)C(=O)c1ccccc1. The van der Waals surface area contributed by atoms with Gasteiger partial charge in [0.15, 0.2) is 5.78 Å². The Hall–Kier alpha value is -1.15. The van der Waals surface area contributed by atoms with Crippen LogP contribution in [0.3, 0.4) is 0 Å². The predicted octanol–water partition coefficient (Wildman–Crippen LogP) is 2.26. The van der Waals surface area contributed by atoms with Crippen LogP contribution in [0.25, 0.3) is 0 Å². The van der Waals surface area contributed by atoms with Gasteiger partial charge in [-0.05, 0) is 6.92 Å². The molecule has 0 unspecified atom stereocenters. The molecule has 1 atom stereocenters. The Morgan fingerprint density at radius 1 is 1.14 bits per heavy atom. The molecule has 0 saturated heterocycles. The molecule has 0 aliphatic carbocycles. The topological polar surface area (TPSA) is 29.1 Å². The van der Waals surface area contributed by atoms with Gasteiger partial charge in [0, 0.05) is 11.6 Å². The summed E-state index contributed by atoms with van der Waals surface area (Å²) in [4.78, 5) is 11.8. The maximum absolute atomic E-state index is 11.8. The van der Waals surface area contributed by atoms with Crippen molar-refractivity contribution in [2.24, 2.45) is 0 Å². The minimum atomic E-state index is -0.114. The number of ketones is 1. The van der Waals surface area contributed by atoms with E-state index < -0.39 is 0 Å². The summed E-state index contributed by atoms with van der Waals surface area (Å²) in [6.07, 6.45) is 0. The monoisotopic (exact) mass is 191 g/mol. The molecule has 0 heterocycles. The van der Waals surface area contributed by atoms with Crippen molar-refractivity contribution in [1.82, 2.24) is 5.32 Å². The standard InChI is InChI=1S/C12H17NO/c1-9(2)13-10(3)12(14)11-7-5-4-6-8-11/h4-10,13H,1-3H3/t10-/m0/s1. The van der Waals surface area contributed by atoms with E-state index >= 15 is 0 Å². The van der Waals surface area contributed by atoms with Crippen molar-refractivity contribution in [2.75, 3.05) is 0 Å². The number of hydrogen-bond acceptors (Lipinski definition) is 2. The maximum Gasteiger partial charge on any atom is 0.179 e. The lowest BCUT2D eigenvalue weighted by molar-refractivity contribution is 0.0946.